The second-order valence-electron chi connectivity index (χ2n) is 3.60. The van der Waals surface area contributed by atoms with Crippen molar-refractivity contribution in [1.82, 2.24) is 0 Å². The maximum atomic E-state index is 13.0. The van der Waals surface area contributed by atoms with Crippen LogP contribution in [0.25, 0.3) is 0 Å². The van der Waals surface area contributed by atoms with Crippen molar-refractivity contribution in [3.63, 3.8) is 0 Å². The molecule has 0 atom stereocenters. The summed E-state index contributed by atoms with van der Waals surface area (Å²) < 4.78 is 32.4. The number of rotatable bonds is 3. The molecule has 2 aromatic carbocycles. The van der Waals surface area contributed by atoms with Gasteiger partial charge in [0.25, 0.3) is 0 Å². The molecule has 0 heterocycles. The summed E-state index contributed by atoms with van der Waals surface area (Å²) in [7, 11) is 0. The number of hydrogen-bond donors (Lipinski definition) is 0. The molecule has 0 amide bonds. The Hall–Kier alpha value is -0.940. The first kappa shape index (κ1) is 13.5. The van der Waals surface area contributed by atoms with Crippen molar-refractivity contribution in [2.75, 3.05) is 0 Å². The van der Waals surface area contributed by atoms with Gasteiger partial charge in [-0.15, -0.1) is 0 Å². The van der Waals surface area contributed by atoms with E-state index in [1.165, 1.54) is 24.3 Å². The van der Waals surface area contributed by atoms with Gasteiger partial charge in [0.15, 0.2) is 0 Å². The highest BCUT2D eigenvalue weighted by molar-refractivity contribution is 9.10. The summed E-state index contributed by atoms with van der Waals surface area (Å²) in [4.78, 5) is 0. The zero-order valence-corrected chi connectivity index (χ0v) is 12.3. The second-order valence-corrected chi connectivity index (χ2v) is 5.31. The molecule has 0 saturated carbocycles. The summed E-state index contributed by atoms with van der Waals surface area (Å²) in [5.74, 6) is -0.111. The van der Waals surface area contributed by atoms with Crippen LogP contribution in [0, 0.1) is 11.6 Å². The number of ether oxygens (including phenoxy) is 1. The third-order valence-corrected chi connectivity index (χ3v) is 3.65. The van der Waals surface area contributed by atoms with E-state index in [1.807, 2.05) is 0 Å². The summed E-state index contributed by atoms with van der Waals surface area (Å²) in [6.07, 6.45) is 0. The van der Waals surface area contributed by atoms with Crippen LogP contribution in [0.15, 0.2) is 45.3 Å². The first-order valence-electron chi connectivity index (χ1n) is 5.08. The summed E-state index contributed by atoms with van der Waals surface area (Å²) in [6, 6.07) is 8.78. The molecular formula is C13H8Br2F2O. The average molecular weight is 378 g/mol. The largest absolute Gasteiger partial charge is 0.489 e. The van der Waals surface area contributed by atoms with Crippen LogP contribution in [0.4, 0.5) is 8.78 Å². The van der Waals surface area contributed by atoms with Crippen molar-refractivity contribution in [3.05, 3.63) is 62.5 Å². The smallest absolute Gasteiger partial charge is 0.137 e. The quantitative estimate of drug-likeness (QED) is 0.725. The Kier molecular flexibility index (Phi) is 4.35. The van der Waals surface area contributed by atoms with Gasteiger partial charge in [-0.25, -0.2) is 8.78 Å². The van der Waals surface area contributed by atoms with Crippen molar-refractivity contribution in [1.29, 1.82) is 0 Å². The zero-order valence-electron chi connectivity index (χ0n) is 9.09. The minimum Gasteiger partial charge on any atom is -0.489 e. The molecule has 18 heavy (non-hydrogen) atoms. The minimum absolute atomic E-state index is 0.277. The van der Waals surface area contributed by atoms with E-state index in [9.17, 15) is 8.78 Å². The van der Waals surface area contributed by atoms with Gasteiger partial charge < -0.3 is 4.74 Å². The Morgan fingerprint density at radius 1 is 0.944 bits per heavy atom. The molecule has 0 radical (unpaired) electrons. The van der Waals surface area contributed by atoms with Crippen molar-refractivity contribution < 1.29 is 13.5 Å². The molecule has 0 aromatic heterocycles. The molecule has 0 aliphatic rings. The summed E-state index contributed by atoms with van der Waals surface area (Å²) in [5.41, 5.74) is 0.817. The van der Waals surface area contributed by atoms with Gasteiger partial charge in [0, 0.05) is 10.0 Å². The first-order valence-corrected chi connectivity index (χ1v) is 6.66. The molecule has 2 aromatic rings. The summed E-state index contributed by atoms with van der Waals surface area (Å²) in [5, 5.41) is 0. The third-order valence-electron chi connectivity index (χ3n) is 2.30. The maximum absolute atomic E-state index is 13.0. The predicted octanol–water partition coefficient (Wildman–Crippen LogP) is 5.07. The van der Waals surface area contributed by atoms with Crippen molar-refractivity contribution in [3.8, 4) is 5.75 Å². The van der Waals surface area contributed by atoms with Crippen LogP contribution in [-0.2, 0) is 6.61 Å². The lowest BCUT2D eigenvalue weighted by molar-refractivity contribution is 0.304. The summed E-state index contributed by atoms with van der Waals surface area (Å²) >= 11 is 6.34. The molecule has 5 heteroatoms. The van der Waals surface area contributed by atoms with E-state index in [1.54, 1.807) is 12.1 Å². The normalized spacial score (nSPS) is 10.4. The fraction of sp³-hybridized carbons (Fsp3) is 0.0769. The van der Waals surface area contributed by atoms with Crippen molar-refractivity contribution in [2.45, 2.75) is 6.61 Å². The van der Waals surface area contributed by atoms with Crippen LogP contribution in [0.2, 0.25) is 0 Å². The summed E-state index contributed by atoms with van der Waals surface area (Å²) in [6.45, 7) is 0.277. The second kappa shape index (κ2) is 5.80. The predicted molar refractivity (Wildman–Crippen MR) is 72.5 cm³/mol. The van der Waals surface area contributed by atoms with Gasteiger partial charge in [-0.3, -0.25) is 0 Å². The van der Waals surface area contributed by atoms with E-state index in [4.69, 9.17) is 4.74 Å². The minimum atomic E-state index is -0.342. The molecule has 0 saturated heterocycles. The molecule has 94 valence electrons. The van der Waals surface area contributed by atoms with Crippen LogP contribution in [0.1, 0.15) is 5.56 Å². The average Bonchev–Trinajstić information content (AvgIpc) is 2.32. The Morgan fingerprint density at radius 2 is 1.72 bits per heavy atom. The Balaban J connectivity index is 2.09. The zero-order chi connectivity index (χ0) is 13.1. The standard InChI is InChI=1S/C13H8Br2F2O/c14-11-5-9(16)2-1-8(11)7-18-10-3-4-13(17)12(15)6-10/h1-6H,7H2. The van der Waals surface area contributed by atoms with Gasteiger partial charge in [-0.2, -0.15) is 0 Å². The molecule has 0 aliphatic heterocycles. The molecule has 0 fully saturated rings. The molecule has 0 bridgehead atoms. The van der Waals surface area contributed by atoms with Crippen LogP contribution in [-0.4, -0.2) is 0 Å². The van der Waals surface area contributed by atoms with Crippen molar-refractivity contribution >= 4 is 31.9 Å². The Bertz CT molecular complexity index is 573. The highest BCUT2D eigenvalue weighted by atomic mass is 79.9. The fourth-order valence-electron chi connectivity index (χ4n) is 1.37. The Morgan fingerprint density at radius 3 is 2.39 bits per heavy atom. The fourth-order valence-corrected chi connectivity index (χ4v) is 2.19. The van der Waals surface area contributed by atoms with Gasteiger partial charge in [-0.1, -0.05) is 22.0 Å². The number of benzene rings is 2. The van der Waals surface area contributed by atoms with Gasteiger partial charge in [0.05, 0.1) is 4.47 Å². The molecule has 0 N–H and O–H groups in total. The van der Waals surface area contributed by atoms with Crippen molar-refractivity contribution in [2.24, 2.45) is 0 Å². The van der Waals surface area contributed by atoms with E-state index in [2.05, 4.69) is 31.9 Å². The highest BCUT2D eigenvalue weighted by Crippen LogP contribution is 2.24. The van der Waals surface area contributed by atoms with Gasteiger partial charge in [-0.05, 0) is 46.3 Å². The molecule has 0 unspecified atom stereocenters. The van der Waals surface area contributed by atoms with E-state index in [-0.39, 0.29) is 18.2 Å². The SMILES string of the molecule is Fc1ccc(COc2ccc(F)c(Br)c2)c(Br)c1. The lowest BCUT2D eigenvalue weighted by Gasteiger charge is -2.08. The first-order chi connectivity index (χ1) is 8.56. The Labute approximate surface area is 120 Å². The van der Waals surface area contributed by atoms with Crippen LogP contribution in [0.3, 0.4) is 0 Å². The molecule has 1 nitrogen and oxygen atoms in total. The molecular weight excluding hydrogens is 370 g/mol. The van der Waals surface area contributed by atoms with Gasteiger partial charge in [0.1, 0.15) is 24.0 Å². The van der Waals surface area contributed by atoms with E-state index < -0.39 is 0 Å². The lowest BCUT2D eigenvalue weighted by atomic mass is 10.2. The monoisotopic (exact) mass is 376 g/mol. The van der Waals surface area contributed by atoms with Crippen LogP contribution < -0.4 is 4.74 Å². The van der Waals surface area contributed by atoms with E-state index in [0.29, 0.717) is 14.7 Å². The third kappa shape index (κ3) is 3.29. The lowest BCUT2D eigenvalue weighted by Crippen LogP contribution is -1.97. The maximum Gasteiger partial charge on any atom is 0.137 e. The number of hydrogen-bond acceptors (Lipinski definition) is 1. The number of halogens is 4. The highest BCUT2D eigenvalue weighted by Gasteiger charge is 2.04. The molecule has 2 rings (SSSR count). The topological polar surface area (TPSA) is 9.23 Å². The van der Waals surface area contributed by atoms with Gasteiger partial charge in [0.2, 0.25) is 0 Å². The van der Waals surface area contributed by atoms with Crippen LogP contribution >= 0.6 is 31.9 Å². The van der Waals surface area contributed by atoms with E-state index in [0.717, 1.165) is 5.56 Å². The molecule has 0 aliphatic carbocycles. The van der Waals surface area contributed by atoms with Crippen LogP contribution in [0.5, 0.6) is 5.75 Å². The molecule has 0 spiro atoms. The van der Waals surface area contributed by atoms with E-state index >= 15 is 0 Å². The van der Waals surface area contributed by atoms with Gasteiger partial charge >= 0.3 is 0 Å².